The highest BCUT2D eigenvalue weighted by Gasteiger charge is 2.15. The molecule has 16 heavy (non-hydrogen) atoms. The molecule has 0 aliphatic heterocycles. The number of benzene rings is 1. The number of halogens is 1. The van der Waals surface area contributed by atoms with E-state index < -0.39 is 0 Å². The average molecular weight is 224 g/mol. The molecule has 0 heterocycles. The SMILES string of the molecule is CCCN(c1cccc(F)c1CN)C(C)C. The van der Waals surface area contributed by atoms with Crippen LogP contribution in [0, 0.1) is 5.82 Å². The summed E-state index contributed by atoms with van der Waals surface area (Å²) in [6.45, 7) is 7.52. The van der Waals surface area contributed by atoms with E-state index in [4.69, 9.17) is 5.73 Å². The smallest absolute Gasteiger partial charge is 0.129 e. The molecular weight excluding hydrogens is 203 g/mol. The first kappa shape index (κ1) is 13.0. The zero-order valence-corrected chi connectivity index (χ0v) is 10.3. The topological polar surface area (TPSA) is 29.3 Å². The van der Waals surface area contributed by atoms with Crippen LogP contribution in [0.15, 0.2) is 18.2 Å². The Morgan fingerprint density at radius 2 is 2.06 bits per heavy atom. The molecule has 1 aromatic rings. The zero-order chi connectivity index (χ0) is 12.1. The molecule has 0 saturated heterocycles. The Hall–Kier alpha value is -1.09. The van der Waals surface area contributed by atoms with Crippen LogP contribution >= 0.6 is 0 Å². The first-order chi connectivity index (χ1) is 7.61. The Morgan fingerprint density at radius 1 is 1.38 bits per heavy atom. The van der Waals surface area contributed by atoms with Crippen molar-refractivity contribution in [3.63, 3.8) is 0 Å². The predicted octanol–water partition coefficient (Wildman–Crippen LogP) is 2.91. The zero-order valence-electron chi connectivity index (χ0n) is 10.3. The van der Waals surface area contributed by atoms with Gasteiger partial charge in [-0.25, -0.2) is 4.39 Å². The van der Waals surface area contributed by atoms with Gasteiger partial charge in [-0.1, -0.05) is 13.0 Å². The number of rotatable bonds is 5. The predicted molar refractivity (Wildman–Crippen MR) is 67.1 cm³/mol. The van der Waals surface area contributed by atoms with Gasteiger partial charge in [-0.05, 0) is 32.4 Å². The molecule has 0 aliphatic rings. The van der Waals surface area contributed by atoms with Crippen molar-refractivity contribution in [2.24, 2.45) is 5.73 Å². The van der Waals surface area contributed by atoms with Crippen molar-refractivity contribution in [1.29, 1.82) is 0 Å². The summed E-state index contributed by atoms with van der Waals surface area (Å²) in [5, 5.41) is 0. The van der Waals surface area contributed by atoms with Crippen LogP contribution < -0.4 is 10.6 Å². The third kappa shape index (κ3) is 2.73. The number of hydrogen-bond donors (Lipinski definition) is 1. The summed E-state index contributed by atoms with van der Waals surface area (Å²) < 4.78 is 13.6. The minimum Gasteiger partial charge on any atom is -0.369 e. The van der Waals surface area contributed by atoms with Gasteiger partial charge in [0.1, 0.15) is 5.82 Å². The molecule has 0 aliphatic carbocycles. The third-order valence-corrected chi connectivity index (χ3v) is 2.70. The monoisotopic (exact) mass is 224 g/mol. The van der Waals surface area contributed by atoms with Crippen molar-refractivity contribution in [3.8, 4) is 0 Å². The molecule has 1 rings (SSSR count). The van der Waals surface area contributed by atoms with E-state index in [2.05, 4.69) is 25.7 Å². The maximum Gasteiger partial charge on any atom is 0.129 e. The van der Waals surface area contributed by atoms with Gasteiger partial charge in [0.15, 0.2) is 0 Å². The summed E-state index contributed by atoms with van der Waals surface area (Å²) in [6.07, 6.45) is 1.04. The van der Waals surface area contributed by atoms with Gasteiger partial charge in [-0.15, -0.1) is 0 Å². The molecule has 0 aromatic heterocycles. The lowest BCUT2D eigenvalue weighted by Crippen LogP contribution is -2.32. The molecule has 0 radical (unpaired) electrons. The molecule has 3 heteroatoms. The van der Waals surface area contributed by atoms with Crippen LogP contribution in [0.3, 0.4) is 0 Å². The Bertz CT molecular complexity index is 337. The van der Waals surface area contributed by atoms with Gasteiger partial charge in [0.05, 0.1) is 0 Å². The van der Waals surface area contributed by atoms with Crippen molar-refractivity contribution in [2.75, 3.05) is 11.4 Å². The fourth-order valence-electron chi connectivity index (χ4n) is 1.92. The van der Waals surface area contributed by atoms with Crippen LogP contribution in [0.1, 0.15) is 32.8 Å². The van der Waals surface area contributed by atoms with E-state index in [0.29, 0.717) is 11.6 Å². The molecule has 2 N–H and O–H groups in total. The van der Waals surface area contributed by atoms with E-state index in [1.165, 1.54) is 6.07 Å². The lowest BCUT2D eigenvalue weighted by molar-refractivity contribution is 0.603. The summed E-state index contributed by atoms with van der Waals surface area (Å²) in [5.74, 6) is -0.207. The van der Waals surface area contributed by atoms with E-state index in [1.807, 2.05) is 6.07 Å². The first-order valence-electron chi connectivity index (χ1n) is 5.85. The van der Waals surface area contributed by atoms with E-state index >= 15 is 0 Å². The summed E-state index contributed by atoms with van der Waals surface area (Å²) in [7, 11) is 0. The van der Waals surface area contributed by atoms with Crippen LogP contribution in [0.25, 0.3) is 0 Å². The van der Waals surface area contributed by atoms with Gasteiger partial charge in [-0.2, -0.15) is 0 Å². The van der Waals surface area contributed by atoms with Crippen molar-refractivity contribution < 1.29 is 4.39 Å². The molecule has 0 unspecified atom stereocenters. The molecule has 0 fully saturated rings. The van der Waals surface area contributed by atoms with E-state index in [-0.39, 0.29) is 12.4 Å². The maximum atomic E-state index is 13.6. The van der Waals surface area contributed by atoms with Crippen molar-refractivity contribution in [2.45, 2.75) is 39.8 Å². The lowest BCUT2D eigenvalue weighted by Gasteiger charge is -2.30. The van der Waals surface area contributed by atoms with Crippen LogP contribution in [0.4, 0.5) is 10.1 Å². The summed E-state index contributed by atoms with van der Waals surface area (Å²) >= 11 is 0. The fraction of sp³-hybridized carbons (Fsp3) is 0.538. The molecule has 0 bridgehead atoms. The van der Waals surface area contributed by atoms with E-state index in [0.717, 1.165) is 18.7 Å². The van der Waals surface area contributed by atoms with E-state index in [9.17, 15) is 4.39 Å². The average Bonchev–Trinajstić information content (AvgIpc) is 2.25. The van der Waals surface area contributed by atoms with Crippen molar-refractivity contribution in [3.05, 3.63) is 29.6 Å². The lowest BCUT2D eigenvalue weighted by atomic mass is 10.1. The Labute approximate surface area is 97.3 Å². The normalized spacial score (nSPS) is 10.9. The second-order valence-corrected chi connectivity index (χ2v) is 4.23. The van der Waals surface area contributed by atoms with Gasteiger partial charge < -0.3 is 10.6 Å². The quantitative estimate of drug-likeness (QED) is 0.833. The number of hydrogen-bond acceptors (Lipinski definition) is 2. The summed E-state index contributed by atoms with van der Waals surface area (Å²) in [5.41, 5.74) is 7.16. The highest BCUT2D eigenvalue weighted by Crippen LogP contribution is 2.24. The van der Waals surface area contributed by atoms with Gasteiger partial charge in [-0.3, -0.25) is 0 Å². The highest BCUT2D eigenvalue weighted by molar-refractivity contribution is 5.54. The highest BCUT2D eigenvalue weighted by atomic mass is 19.1. The van der Waals surface area contributed by atoms with E-state index in [1.54, 1.807) is 6.07 Å². The number of anilines is 1. The van der Waals surface area contributed by atoms with Crippen molar-refractivity contribution >= 4 is 5.69 Å². The standard InChI is InChI=1S/C13H21FN2/c1-4-8-16(10(2)3)13-7-5-6-12(14)11(13)9-15/h5-7,10H,4,8-9,15H2,1-3H3. The summed E-state index contributed by atoms with van der Waals surface area (Å²) in [4.78, 5) is 2.20. The molecule has 0 saturated carbocycles. The molecule has 2 nitrogen and oxygen atoms in total. The second kappa shape index (κ2) is 5.85. The van der Waals surface area contributed by atoms with Crippen LogP contribution in [-0.2, 0) is 6.54 Å². The summed E-state index contributed by atoms with van der Waals surface area (Å²) in [6, 6.07) is 5.51. The minimum atomic E-state index is -0.207. The van der Waals surface area contributed by atoms with Gasteiger partial charge >= 0.3 is 0 Å². The van der Waals surface area contributed by atoms with Crippen molar-refractivity contribution in [1.82, 2.24) is 0 Å². The van der Waals surface area contributed by atoms with Gasteiger partial charge in [0, 0.05) is 30.4 Å². The molecule has 0 amide bonds. The third-order valence-electron chi connectivity index (χ3n) is 2.70. The van der Waals surface area contributed by atoms with Gasteiger partial charge in [0.2, 0.25) is 0 Å². The maximum absolute atomic E-state index is 13.6. The second-order valence-electron chi connectivity index (χ2n) is 4.23. The Balaban J connectivity index is 3.12. The number of nitrogens with zero attached hydrogens (tertiary/aromatic N) is 1. The largest absolute Gasteiger partial charge is 0.369 e. The molecule has 1 aromatic carbocycles. The van der Waals surface area contributed by atoms with Crippen LogP contribution in [-0.4, -0.2) is 12.6 Å². The van der Waals surface area contributed by atoms with Crippen LogP contribution in [0.2, 0.25) is 0 Å². The van der Waals surface area contributed by atoms with Gasteiger partial charge in [0.25, 0.3) is 0 Å². The molecule has 0 atom stereocenters. The fourth-order valence-corrected chi connectivity index (χ4v) is 1.92. The molecular formula is C13H21FN2. The minimum absolute atomic E-state index is 0.207. The Morgan fingerprint density at radius 3 is 2.56 bits per heavy atom. The molecule has 0 spiro atoms. The first-order valence-corrected chi connectivity index (χ1v) is 5.85. The van der Waals surface area contributed by atoms with Crippen LogP contribution in [0.5, 0.6) is 0 Å². The number of nitrogens with two attached hydrogens (primary N) is 1. The Kier molecular flexibility index (Phi) is 4.74. The molecule has 90 valence electrons.